The predicted molar refractivity (Wildman–Crippen MR) is 80.5 cm³/mol. The molecule has 2 atom stereocenters. The first-order valence-corrected chi connectivity index (χ1v) is 7.70. The van der Waals surface area contributed by atoms with Crippen LogP contribution in [-0.2, 0) is 7.05 Å². The number of aryl methyl sites for hydroxylation is 1. The van der Waals surface area contributed by atoms with Crippen molar-refractivity contribution in [2.75, 3.05) is 11.9 Å². The van der Waals surface area contributed by atoms with Gasteiger partial charge in [0.25, 0.3) is 0 Å². The molecular weight excluding hydrogens is 322 g/mol. The molecule has 2 heterocycles. The van der Waals surface area contributed by atoms with Crippen LogP contribution >= 0.6 is 15.9 Å². The van der Waals surface area contributed by atoms with Crippen LogP contribution in [0.15, 0.2) is 10.9 Å². The van der Waals surface area contributed by atoms with Gasteiger partial charge in [0.1, 0.15) is 16.7 Å². The Morgan fingerprint density at radius 3 is 3.00 bits per heavy atom. The second kappa shape index (κ2) is 5.65. The number of halogens is 1. The molecule has 6 nitrogen and oxygen atoms in total. The summed E-state index contributed by atoms with van der Waals surface area (Å²) in [5.41, 5.74) is 0.797. The number of nitrogens with one attached hydrogen (secondary N) is 1. The number of aliphatic hydroxyl groups excluding tert-OH is 1. The van der Waals surface area contributed by atoms with Crippen molar-refractivity contribution in [3.8, 4) is 0 Å². The van der Waals surface area contributed by atoms with Crippen LogP contribution < -0.4 is 5.32 Å². The summed E-state index contributed by atoms with van der Waals surface area (Å²) in [7, 11) is 1.86. The number of nitrogens with zero attached hydrogens (tertiary/aromatic N) is 4. The van der Waals surface area contributed by atoms with Crippen LogP contribution in [0, 0.1) is 5.92 Å². The Bertz CT molecular complexity index is 614. The number of fused-ring (bicyclic) bond motifs is 1. The van der Waals surface area contributed by atoms with E-state index in [1.165, 1.54) is 12.8 Å². The van der Waals surface area contributed by atoms with Crippen molar-refractivity contribution in [2.45, 2.75) is 31.7 Å². The molecule has 1 saturated carbocycles. The molecule has 0 bridgehead atoms. The van der Waals surface area contributed by atoms with E-state index in [2.05, 4.69) is 36.3 Å². The molecule has 108 valence electrons. The average Bonchev–Trinajstić information content (AvgIpc) is 2.76. The maximum Gasteiger partial charge on any atom is 0.164 e. The van der Waals surface area contributed by atoms with Crippen LogP contribution in [0.3, 0.4) is 0 Å². The second-order valence-corrected chi connectivity index (χ2v) is 6.06. The highest BCUT2D eigenvalue weighted by molar-refractivity contribution is 9.10. The van der Waals surface area contributed by atoms with E-state index in [4.69, 9.17) is 0 Å². The van der Waals surface area contributed by atoms with Crippen LogP contribution in [0.5, 0.6) is 0 Å². The number of aliphatic hydroxyl groups is 1. The molecule has 2 aromatic rings. The van der Waals surface area contributed by atoms with Crippen molar-refractivity contribution in [3.63, 3.8) is 0 Å². The van der Waals surface area contributed by atoms with E-state index in [9.17, 15) is 5.11 Å². The molecule has 0 saturated heterocycles. The largest absolute Gasteiger partial charge is 0.396 e. The van der Waals surface area contributed by atoms with Gasteiger partial charge in [-0.2, -0.15) is 5.10 Å². The zero-order valence-corrected chi connectivity index (χ0v) is 13.0. The topological polar surface area (TPSA) is 75.9 Å². The maximum atomic E-state index is 9.51. The summed E-state index contributed by atoms with van der Waals surface area (Å²) in [5, 5.41) is 18.2. The summed E-state index contributed by atoms with van der Waals surface area (Å²) >= 11 is 3.46. The number of aromatic nitrogens is 4. The maximum absolute atomic E-state index is 9.51. The number of rotatable bonds is 3. The van der Waals surface area contributed by atoms with Crippen molar-refractivity contribution in [2.24, 2.45) is 13.0 Å². The SMILES string of the molecule is Cn1nc(Br)c2c(N[C@@H]3CCCC[C@H]3CO)ncnc21. The average molecular weight is 340 g/mol. The molecule has 2 N–H and O–H groups in total. The molecule has 0 unspecified atom stereocenters. The normalized spacial score (nSPS) is 23.1. The lowest BCUT2D eigenvalue weighted by atomic mass is 9.85. The highest BCUT2D eigenvalue weighted by Crippen LogP contribution is 2.31. The van der Waals surface area contributed by atoms with E-state index in [1.54, 1.807) is 11.0 Å². The van der Waals surface area contributed by atoms with Gasteiger partial charge < -0.3 is 10.4 Å². The van der Waals surface area contributed by atoms with Crippen molar-refractivity contribution < 1.29 is 5.11 Å². The van der Waals surface area contributed by atoms with Gasteiger partial charge in [-0.1, -0.05) is 12.8 Å². The summed E-state index contributed by atoms with van der Waals surface area (Å²) in [4.78, 5) is 8.62. The highest BCUT2D eigenvalue weighted by Gasteiger charge is 2.26. The van der Waals surface area contributed by atoms with Crippen molar-refractivity contribution >= 4 is 32.8 Å². The molecule has 0 amide bonds. The first kappa shape index (κ1) is 13.8. The van der Waals surface area contributed by atoms with Crippen molar-refractivity contribution in [1.82, 2.24) is 19.7 Å². The zero-order valence-electron chi connectivity index (χ0n) is 11.4. The van der Waals surface area contributed by atoms with E-state index >= 15 is 0 Å². The summed E-state index contributed by atoms with van der Waals surface area (Å²) < 4.78 is 2.48. The van der Waals surface area contributed by atoms with E-state index in [-0.39, 0.29) is 12.6 Å². The summed E-state index contributed by atoms with van der Waals surface area (Å²) in [6.45, 7) is 0.222. The van der Waals surface area contributed by atoms with Gasteiger partial charge in [0.15, 0.2) is 5.65 Å². The molecule has 1 fully saturated rings. The Morgan fingerprint density at radius 1 is 1.40 bits per heavy atom. The fraction of sp³-hybridized carbons (Fsp3) is 0.615. The molecule has 0 aromatic carbocycles. The van der Waals surface area contributed by atoms with E-state index < -0.39 is 0 Å². The van der Waals surface area contributed by atoms with E-state index in [0.29, 0.717) is 5.92 Å². The molecule has 20 heavy (non-hydrogen) atoms. The number of anilines is 1. The number of hydrogen-bond donors (Lipinski definition) is 2. The van der Waals surface area contributed by atoms with Crippen LogP contribution in [0.1, 0.15) is 25.7 Å². The van der Waals surface area contributed by atoms with Crippen LogP contribution in [-0.4, -0.2) is 37.5 Å². The molecule has 0 radical (unpaired) electrons. The molecule has 7 heteroatoms. The van der Waals surface area contributed by atoms with Gasteiger partial charge in [0.2, 0.25) is 0 Å². The minimum absolute atomic E-state index is 0.222. The van der Waals surface area contributed by atoms with Gasteiger partial charge in [-0.3, -0.25) is 0 Å². The third-order valence-electron chi connectivity index (χ3n) is 4.04. The smallest absolute Gasteiger partial charge is 0.164 e. The van der Waals surface area contributed by atoms with Crippen molar-refractivity contribution in [3.05, 3.63) is 10.9 Å². The molecule has 0 spiro atoms. The Labute approximate surface area is 125 Å². The van der Waals surface area contributed by atoms with E-state index in [1.807, 2.05) is 7.05 Å². The highest BCUT2D eigenvalue weighted by atomic mass is 79.9. The Kier molecular flexibility index (Phi) is 3.89. The Morgan fingerprint density at radius 2 is 2.20 bits per heavy atom. The summed E-state index contributed by atoms with van der Waals surface area (Å²) in [5.74, 6) is 1.09. The lowest BCUT2D eigenvalue weighted by Crippen LogP contribution is -2.34. The van der Waals surface area contributed by atoms with Crippen LogP contribution in [0.25, 0.3) is 11.0 Å². The molecule has 1 aliphatic rings. The standard InChI is InChI=1S/C13H18BrN5O/c1-19-13-10(11(14)18-19)12(15-7-16-13)17-9-5-3-2-4-8(9)6-20/h7-9,20H,2-6H2,1H3,(H,15,16,17)/t8-,9+/m0/s1. The third-order valence-corrected chi connectivity index (χ3v) is 4.60. The third kappa shape index (κ3) is 2.40. The summed E-state index contributed by atoms with van der Waals surface area (Å²) in [6, 6.07) is 0.263. The fourth-order valence-corrected chi connectivity index (χ4v) is 3.54. The Hall–Kier alpha value is -1.21. The molecule has 1 aliphatic carbocycles. The van der Waals surface area contributed by atoms with Crippen LogP contribution in [0.2, 0.25) is 0 Å². The van der Waals surface area contributed by atoms with Gasteiger partial charge >= 0.3 is 0 Å². The quantitative estimate of drug-likeness (QED) is 0.895. The van der Waals surface area contributed by atoms with Crippen molar-refractivity contribution in [1.29, 1.82) is 0 Å². The monoisotopic (exact) mass is 339 g/mol. The summed E-state index contributed by atoms with van der Waals surface area (Å²) in [6.07, 6.45) is 6.07. The second-order valence-electron chi connectivity index (χ2n) is 5.31. The molecular formula is C13H18BrN5O. The lowest BCUT2D eigenvalue weighted by Gasteiger charge is -2.31. The number of hydrogen-bond acceptors (Lipinski definition) is 5. The Balaban J connectivity index is 1.94. The van der Waals surface area contributed by atoms with Gasteiger partial charge in [0, 0.05) is 25.6 Å². The minimum atomic E-state index is 0.222. The predicted octanol–water partition coefficient (Wildman–Crippen LogP) is 2.09. The fourth-order valence-electron chi connectivity index (χ4n) is 2.94. The van der Waals surface area contributed by atoms with Gasteiger partial charge in [-0.05, 0) is 28.8 Å². The first-order chi connectivity index (χ1) is 9.70. The van der Waals surface area contributed by atoms with Gasteiger partial charge in [-0.15, -0.1) is 0 Å². The van der Waals surface area contributed by atoms with Crippen LogP contribution in [0.4, 0.5) is 5.82 Å². The van der Waals surface area contributed by atoms with Gasteiger partial charge in [0.05, 0.1) is 5.39 Å². The molecule has 3 rings (SSSR count). The zero-order chi connectivity index (χ0) is 14.1. The first-order valence-electron chi connectivity index (χ1n) is 6.91. The van der Waals surface area contributed by atoms with Gasteiger partial charge in [-0.25, -0.2) is 14.6 Å². The molecule has 2 aromatic heterocycles. The van der Waals surface area contributed by atoms with E-state index in [0.717, 1.165) is 34.3 Å². The molecule has 0 aliphatic heterocycles. The lowest BCUT2D eigenvalue weighted by molar-refractivity contribution is 0.178. The minimum Gasteiger partial charge on any atom is -0.396 e.